The lowest BCUT2D eigenvalue weighted by Crippen LogP contribution is -1.82. The van der Waals surface area contributed by atoms with E-state index < -0.39 is 0 Å². The summed E-state index contributed by atoms with van der Waals surface area (Å²) in [4.78, 5) is 3.98. The fourth-order valence-corrected chi connectivity index (χ4v) is 1.28. The molecule has 13 heavy (non-hydrogen) atoms. The summed E-state index contributed by atoms with van der Waals surface area (Å²) in [6, 6.07) is 1.90. The molecule has 4 heteroatoms. The van der Waals surface area contributed by atoms with Crippen molar-refractivity contribution in [1.82, 2.24) is 4.98 Å². The first kappa shape index (κ1) is 10.7. The molecular formula is C9H9BrClNO. The maximum absolute atomic E-state index is 5.74. The van der Waals surface area contributed by atoms with Crippen LogP contribution in [0.15, 0.2) is 22.8 Å². The fourth-order valence-electron chi connectivity index (χ4n) is 0.808. The standard InChI is InChI=1S/C9H9BrClNO/c1-13-4-2-3-7-5-8(10)9(11)12-6-7/h2-3,5-6H,4H2,1H3. The van der Waals surface area contributed by atoms with Crippen molar-refractivity contribution in [1.29, 1.82) is 0 Å². The number of methoxy groups -OCH3 is 1. The molecule has 0 atom stereocenters. The maximum atomic E-state index is 5.74. The molecule has 1 aromatic rings. The highest BCUT2D eigenvalue weighted by atomic mass is 79.9. The number of pyridine rings is 1. The quantitative estimate of drug-likeness (QED) is 0.781. The summed E-state index contributed by atoms with van der Waals surface area (Å²) in [5, 5.41) is 0.476. The van der Waals surface area contributed by atoms with Gasteiger partial charge in [0.15, 0.2) is 0 Å². The van der Waals surface area contributed by atoms with Gasteiger partial charge in [0.2, 0.25) is 0 Å². The number of halogens is 2. The van der Waals surface area contributed by atoms with Crippen molar-refractivity contribution in [3.05, 3.63) is 33.5 Å². The molecule has 0 spiro atoms. The van der Waals surface area contributed by atoms with E-state index in [4.69, 9.17) is 16.3 Å². The Kier molecular flexibility index (Phi) is 4.42. The fraction of sp³-hybridized carbons (Fsp3) is 0.222. The smallest absolute Gasteiger partial charge is 0.143 e. The minimum Gasteiger partial charge on any atom is -0.381 e. The summed E-state index contributed by atoms with van der Waals surface area (Å²) in [5.74, 6) is 0. The van der Waals surface area contributed by atoms with E-state index in [1.807, 2.05) is 18.2 Å². The molecule has 0 saturated carbocycles. The Morgan fingerprint density at radius 3 is 3.08 bits per heavy atom. The third kappa shape index (κ3) is 3.46. The second-order valence-corrected chi connectivity index (χ2v) is 3.61. The maximum Gasteiger partial charge on any atom is 0.143 e. The molecule has 0 aromatic carbocycles. The summed E-state index contributed by atoms with van der Waals surface area (Å²) in [5.41, 5.74) is 0.994. The molecule has 0 N–H and O–H groups in total. The van der Waals surface area contributed by atoms with Crippen molar-refractivity contribution in [2.24, 2.45) is 0 Å². The van der Waals surface area contributed by atoms with Crippen molar-refractivity contribution in [3.8, 4) is 0 Å². The number of nitrogens with zero attached hydrogens (tertiary/aromatic N) is 1. The molecule has 2 nitrogen and oxygen atoms in total. The minimum absolute atomic E-state index is 0.476. The van der Waals surface area contributed by atoms with Gasteiger partial charge in [0.05, 0.1) is 11.1 Å². The second kappa shape index (κ2) is 5.37. The molecule has 0 amide bonds. The molecule has 1 rings (SSSR count). The molecule has 0 unspecified atom stereocenters. The van der Waals surface area contributed by atoms with Crippen LogP contribution in [0.5, 0.6) is 0 Å². The van der Waals surface area contributed by atoms with Crippen molar-refractivity contribution in [2.75, 3.05) is 13.7 Å². The third-order valence-corrected chi connectivity index (χ3v) is 2.52. The Labute approximate surface area is 90.7 Å². The van der Waals surface area contributed by atoms with E-state index in [0.717, 1.165) is 10.0 Å². The normalized spacial score (nSPS) is 11.0. The first-order chi connectivity index (χ1) is 6.24. The number of hydrogen-bond donors (Lipinski definition) is 0. The Hall–Kier alpha value is -0.380. The van der Waals surface area contributed by atoms with Crippen LogP contribution in [-0.4, -0.2) is 18.7 Å². The van der Waals surface area contributed by atoms with Crippen molar-refractivity contribution in [2.45, 2.75) is 0 Å². The zero-order valence-electron chi connectivity index (χ0n) is 7.13. The van der Waals surface area contributed by atoms with Gasteiger partial charge in [-0.2, -0.15) is 0 Å². The first-order valence-electron chi connectivity index (χ1n) is 3.70. The molecule has 0 radical (unpaired) electrons. The monoisotopic (exact) mass is 261 g/mol. The largest absolute Gasteiger partial charge is 0.381 e. The van der Waals surface area contributed by atoms with Crippen LogP contribution in [-0.2, 0) is 4.74 Å². The highest BCUT2D eigenvalue weighted by Crippen LogP contribution is 2.20. The van der Waals surface area contributed by atoms with Gasteiger partial charge in [0, 0.05) is 13.3 Å². The average Bonchev–Trinajstić information content (AvgIpc) is 2.12. The van der Waals surface area contributed by atoms with Crippen LogP contribution in [0, 0.1) is 0 Å². The van der Waals surface area contributed by atoms with Crippen LogP contribution in [0.4, 0.5) is 0 Å². The molecule has 1 heterocycles. The molecule has 0 bridgehead atoms. The average molecular weight is 263 g/mol. The van der Waals surface area contributed by atoms with Crippen LogP contribution >= 0.6 is 27.5 Å². The van der Waals surface area contributed by atoms with E-state index in [-0.39, 0.29) is 0 Å². The van der Waals surface area contributed by atoms with E-state index in [9.17, 15) is 0 Å². The molecule has 1 aromatic heterocycles. The lowest BCUT2D eigenvalue weighted by Gasteiger charge is -1.96. The van der Waals surface area contributed by atoms with Gasteiger partial charge in [0.25, 0.3) is 0 Å². The molecule has 0 saturated heterocycles. The van der Waals surface area contributed by atoms with Crippen LogP contribution in [0.2, 0.25) is 5.15 Å². The van der Waals surface area contributed by atoms with E-state index in [2.05, 4.69) is 20.9 Å². The van der Waals surface area contributed by atoms with E-state index in [0.29, 0.717) is 11.8 Å². The van der Waals surface area contributed by atoms with Crippen molar-refractivity contribution >= 4 is 33.6 Å². The summed E-state index contributed by atoms with van der Waals surface area (Å²) in [7, 11) is 1.65. The van der Waals surface area contributed by atoms with Gasteiger partial charge in [-0.15, -0.1) is 0 Å². The molecule has 0 aliphatic carbocycles. The van der Waals surface area contributed by atoms with E-state index in [1.165, 1.54) is 0 Å². The summed E-state index contributed by atoms with van der Waals surface area (Å²) in [6.45, 7) is 0.597. The summed E-state index contributed by atoms with van der Waals surface area (Å²) >= 11 is 9.03. The summed E-state index contributed by atoms with van der Waals surface area (Å²) < 4.78 is 5.67. The van der Waals surface area contributed by atoms with Gasteiger partial charge in [-0.25, -0.2) is 4.98 Å². The second-order valence-electron chi connectivity index (χ2n) is 2.40. The highest BCUT2D eigenvalue weighted by Gasteiger charge is 1.96. The Morgan fingerprint density at radius 2 is 2.46 bits per heavy atom. The van der Waals surface area contributed by atoms with Crippen molar-refractivity contribution in [3.63, 3.8) is 0 Å². The molecule has 70 valence electrons. The zero-order chi connectivity index (χ0) is 9.68. The Bertz CT molecular complexity index is 314. The van der Waals surface area contributed by atoms with E-state index >= 15 is 0 Å². The SMILES string of the molecule is COCC=Cc1cnc(Cl)c(Br)c1. The number of rotatable bonds is 3. The van der Waals surface area contributed by atoms with E-state index in [1.54, 1.807) is 13.3 Å². The van der Waals surface area contributed by atoms with Crippen LogP contribution in [0.3, 0.4) is 0 Å². The summed E-state index contributed by atoms with van der Waals surface area (Å²) in [6.07, 6.45) is 5.55. The van der Waals surface area contributed by atoms with Crippen LogP contribution in [0.1, 0.15) is 5.56 Å². The Morgan fingerprint density at radius 1 is 1.69 bits per heavy atom. The Balaban J connectivity index is 2.73. The molecule has 0 aliphatic heterocycles. The predicted octanol–water partition coefficient (Wildman–Crippen LogP) is 3.16. The zero-order valence-corrected chi connectivity index (χ0v) is 9.47. The molecule has 0 fully saturated rings. The lowest BCUT2D eigenvalue weighted by molar-refractivity contribution is 0.234. The molecule has 0 aliphatic rings. The van der Waals surface area contributed by atoms with Gasteiger partial charge < -0.3 is 4.74 Å². The topological polar surface area (TPSA) is 22.1 Å². The van der Waals surface area contributed by atoms with Gasteiger partial charge in [-0.3, -0.25) is 0 Å². The van der Waals surface area contributed by atoms with Gasteiger partial charge in [-0.05, 0) is 27.6 Å². The number of hydrogen-bond acceptors (Lipinski definition) is 2. The highest BCUT2D eigenvalue weighted by molar-refractivity contribution is 9.10. The third-order valence-electron chi connectivity index (χ3n) is 1.39. The minimum atomic E-state index is 0.476. The molecular weight excluding hydrogens is 253 g/mol. The van der Waals surface area contributed by atoms with Crippen LogP contribution in [0.25, 0.3) is 6.08 Å². The lowest BCUT2D eigenvalue weighted by atomic mass is 10.3. The number of ether oxygens (including phenoxy) is 1. The first-order valence-corrected chi connectivity index (χ1v) is 4.87. The van der Waals surface area contributed by atoms with Gasteiger partial charge >= 0.3 is 0 Å². The van der Waals surface area contributed by atoms with Crippen LogP contribution < -0.4 is 0 Å². The number of aromatic nitrogens is 1. The predicted molar refractivity (Wildman–Crippen MR) is 57.9 cm³/mol. The van der Waals surface area contributed by atoms with Gasteiger partial charge in [0.1, 0.15) is 5.15 Å². The van der Waals surface area contributed by atoms with Crippen molar-refractivity contribution < 1.29 is 4.74 Å². The van der Waals surface area contributed by atoms with Gasteiger partial charge in [-0.1, -0.05) is 23.8 Å².